The highest BCUT2D eigenvalue weighted by Gasteiger charge is 2.24. The van der Waals surface area contributed by atoms with Crippen LogP contribution in [0.25, 0.3) is 0 Å². The van der Waals surface area contributed by atoms with Crippen molar-refractivity contribution in [3.8, 4) is 0 Å². The van der Waals surface area contributed by atoms with Crippen molar-refractivity contribution in [2.45, 2.75) is 19.4 Å². The summed E-state index contributed by atoms with van der Waals surface area (Å²) in [4.78, 5) is 14.3. The molecule has 24 heavy (non-hydrogen) atoms. The third kappa shape index (κ3) is 4.36. The molecule has 1 aromatic carbocycles. The second-order valence-corrected chi connectivity index (χ2v) is 7.58. The smallest absolute Gasteiger partial charge is 0.260 e. The topological polar surface area (TPSA) is 93.4 Å². The van der Waals surface area contributed by atoms with Crippen molar-refractivity contribution in [1.82, 2.24) is 9.29 Å². The number of non-ortho nitro benzene ring substituents is 1. The fraction of sp³-hybridized carbons (Fsp3) is 0.312. The molecule has 128 valence electrons. The molecule has 1 heterocycles. The molecule has 8 heteroatoms. The first-order valence-corrected chi connectivity index (χ1v) is 9.02. The molecule has 0 fully saturated rings. The number of nitrogens with zero attached hydrogens (tertiary/aromatic N) is 3. The molecule has 0 unspecified atom stereocenters. The molecule has 0 bridgehead atoms. The van der Waals surface area contributed by atoms with E-state index in [9.17, 15) is 18.5 Å². The number of hydrogen-bond acceptors (Lipinski definition) is 5. The Kier molecular flexibility index (Phi) is 5.63. The van der Waals surface area contributed by atoms with E-state index in [0.29, 0.717) is 12.1 Å². The zero-order chi connectivity index (χ0) is 17.7. The van der Waals surface area contributed by atoms with Crippen LogP contribution in [0, 0.1) is 10.1 Å². The van der Waals surface area contributed by atoms with Crippen LogP contribution in [-0.2, 0) is 16.4 Å². The van der Waals surface area contributed by atoms with Gasteiger partial charge in [0.2, 0.25) is 10.0 Å². The minimum absolute atomic E-state index is 0.0116. The Hall–Kier alpha value is -2.32. The summed E-state index contributed by atoms with van der Waals surface area (Å²) in [6.07, 6.45) is 1.92. The monoisotopic (exact) mass is 349 g/mol. The van der Waals surface area contributed by atoms with Crippen molar-refractivity contribution >= 4 is 15.7 Å². The van der Waals surface area contributed by atoms with E-state index in [-0.39, 0.29) is 17.5 Å². The van der Waals surface area contributed by atoms with Crippen molar-refractivity contribution in [3.63, 3.8) is 0 Å². The standard InChI is InChI=1S/C16H19N3O4S/c1-13(16-5-3-4-11-17-16)18(2)24(22,23)12-10-14-6-8-15(9-7-14)19(20)21/h3-9,11,13H,10,12H2,1-2H3/t13-/m0/s1. The van der Waals surface area contributed by atoms with Crippen LogP contribution in [0.15, 0.2) is 48.7 Å². The van der Waals surface area contributed by atoms with Gasteiger partial charge < -0.3 is 0 Å². The molecule has 0 spiro atoms. The van der Waals surface area contributed by atoms with Crippen molar-refractivity contribution < 1.29 is 13.3 Å². The molecule has 0 aliphatic carbocycles. The minimum Gasteiger partial charge on any atom is -0.260 e. The number of rotatable bonds is 7. The number of aromatic nitrogens is 1. The summed E-state index contributed by atoms with van der Waals surface area (Å²) >= 11 is 0. The van der Waals surface area contributed by atoms with Gasteiger partial charge in [-0.1, -0.05) is 18.2 Å². The van der Waals surface area contributed by atoms with E-state index in [4.69, 9.17) is 0 Å². The predicted octanol–water partition coefficient (Wildman–Crippen LogP) is 2.56. The molecule has 0 amide bonds. The summed E-state index contributed by atoms with van der Waals surface area (Å²) < 4.78 is 26.3. The first-order valence-electron chi connectivity index (χ1n) is 7.41. The number of hydrogen-bond donors (Lipinski definition) is 0. The fourth-order valence-electron chi connectivity index (χ4n) is 2.23. The van der Waals surface area contributed by atoms with Gasteiger partial charge in [0.1, 0.15) is 0 Å². The molecule has 1 aromatic heterocycles. The molecule has 0 saturated heterocycles. The quantitative estimate of drug-likeness (QED) is 0.566. The summed E-state index contributed by atoms with van der Waals surface area (Å²) in [5, 5.41) is 10.6. The van der Waals surface area contributed by atoms with Crippen LogP contribution < -0.4 is 0 Å². The number of aryl methyl sites for hydroxylation is 1. The number of sulfonamides is 1. The minimum atomic E-state index is -3.47. The molecule has 7 nitrogen and oxygen atoms in total. The van der Waals surface area contributed by atoms with Crippen molar-refractivity contribution in [2.24, 2.45) is 0 Å². The van der Waals surface area contributed by atoms with Crippen molar-refractivity contribution in [3.05, 3.63) is 70.0 Å². The molecule has 0 saturated carbocycles. The lowest BCUT2D eigenvalue weighted by Crippen LogP contribution is -2.32. The van der Waals surface area contributed by atoms with Crippen LogP contribution >= 0.6 is 0 Å². The number of nitro benzene ring substituents is 1. The van der Waals surface area contributed by atoms with E-state index in [0.717, 1.165) is 5.56 Å². The molecular formula is C16H19N3O4S. The average Bonchev–Trinajstić information content (AvgIpc) is 2.59. The Morgan fingerprint density at radius 2 is 1.88 bits per heavy atom. The largest absolute Gasteiger partial charge is 0.269 e. The summed E-state index contributed by atoms with van der Waals surface area (Å²) in [7, 11) is -1.94. The lowest BCUT2D eigenvalue weighted by atomic mass is 10.1. The summed E-state index contributed by atoms with van der Waals surface area (Å²) in [6, 6.07) is 10.9. The Balaban J connectivity index is 2.03. The normalized spacial score (nSPS) is 13.0. The second-order valence-electron chi connectivity index (χ2n) is 5.44. The van der Waals surface area contributed by atoms with Crippen LogP contribution in [0.1, 0.15) is 24.2 Å². The average molecular weight is 349 g/mol. The third-order valence-corrected chi connectivity index (χ3v) is 5.81. The van der Waals surface area contributed by atoms with Gasteiger partial charge in [0.15, 0.2) is 0 Å². The van der Waals surface area contributed by atoms with Crippen LogP contribution in [0.5, 0.6) is 0 Å². The number of pyridine rings is 1. The van der Waals surface area contributed by atoms with E-state index >= 15 is 0 Å². The number of nitro groups is 1. The summed E-state index contributed by atoms with van der Waals surface area (Å²) in [5.41, 5.74) is 1.41. The zero-order valence-electron chi connectivity index (χ0n) is 13.5. The molecule has 0 aliphatic rings. The van der Waals surface area contributed by atoms with Gasteiger partial charge in [-0.25, -0.2) is 8.42 Å². The lowest BCUT2D eigenvalue weighted by molar-refractivity contribution is -0.384. The Morgan fingerprint density at radius 3 is 2.42 bits per heavy atom. The van der Waals surface area contributed by atoms with Gasteiger partial charge in [0.05, 0.1) is 22.4 Å². The van der Waals surface area contributed by atoms with Gasteiger partial charge in [0.25, 0.3) is 5.69 Å². The van der Waals surface area contributed by atoms with Crippen molar-refractivity contribution in [1.29, 1.82) is 0 Å². The summed E-state index contributed by atoms with van der Waals surface area (Å²) in [5.74, 6) is -0.0709. The maximum absolute atomic E-state index is 12.5. The molecule has 2 rings (SSSR count). The fourth-order valence-corrected chi connectivity index (χ4v) is 3.60. The highest BCUT2D eigenvalue weighted by molar-refractivity contribution is 7.89. The zero-order valence-corrected chi connectivity index (χ0v) is 14.3. The van der Waals surface area contributed by atoms with Crippen molar-refractivity contribution in [2.75, 3.05) is 12.8 Å². The van der Waals surface area contributed by atoms with Gasteiger partial charge in [-0.15, -0.1) is 0 Å². The van der Waals surface area contributed by atoms with E-state index in [1.807, 2.05) is 6.07 Å². The van der Waals surface area contributed by atoms with Crippen LogP contribution in [-0.4, -0.2) is 35.4 Å². The Bertz CT molecular complexity index is 792. The molecule has 0 aliphatic heterocycles. The third-order valence-electron chi connectivity index (χ3n) is 3.90. The Morgan fingerprint density at radius 1 is 1.21 bits per heavy atom. The van der Waals surface area contributed by atoms with E-state index in [1.165, 1.54) is 23.5 Å². The first-order chi connectivity index (χ1) is 11.3. The van der Waals surface area contributed by atoms with Crippen LogP contribution in [0.4, 0.5) is 5.69 Å². The van der Waals surface area contributed by atoms with E-state index in [2.05, 4.69) is 4.98 Å². The highest BCUT2D eigenvalue weighted by atomic mass is 32.2. The predicted molar refractivity (Wildman–Crippen MR) is 91.0 cm³/mol. The molecule has 0 radical (unpaired) electrons. The molecule has 1 atom stereocenters. The van der Waals surface area contributed by atoms with Crippen LogP contribution in [0.3, 0.4) is 0 Å². The summed E-state index contributed by atoms with van der Waals surface area (Å²) in [6.45, 7) is 1.78. The first kappa shape index (κ1) is 18.0. The van der Waals surface area contributed by atoms with Crippen LogP contribution in [0.2, 0.25) is 0 Å². The highest BCUT2D eigenvalue weighted by Crippen LogP contribution is 2.20. The van der Waals surface area contributed by atoms with Gasteiger partial charge in [-0.2, -0.15) is 4.31 Å². The van der Waals surface area contributed by atoms with Gasteiger partial charge in [0, 0.05) is 25.4 Å². The molecule has 2 aromatic rings. The van der Waals surface area contributed by atoms with E-state index in [1.54, 1.807) is 37.4 Å². The SMILES string of the molecule is C[C@@H](c1ccccn1)N(C)S(=O)(=O)CCc1ccc([N+](=O)[O-])cc1. The van der Waals surface area contributed by atoms with Gasteiger partial charge >= 0.3 is 0 Å². The van der Waals surface area contributed by atoms with Gasteiger partial charge in [-0.05, 0) is 31.0 Å². The number of benzene rings is 1. The maximum Gasteiger partial charge on any atom is 0.269 e. The van der Waals surface area contributed by atoms with Gasteiger partial charge in [-0.3, -0.25) is 15.1 Å². The molecule has 0 N–H and O–H groups in total. The van der Waals surface area contributed by atoms with E-state index < -0.39 is 14.9 Å². The molecular weight excluding hydrogens is 330 g/mol. The Labute approximate surface area is 141 Å². The maximum atomic E-state index is 12.5. The second kappa shape index (κ2) is 7.50. The lowest BCUT2D eigenvalue weighted by Gasteiger charge is -2.23.